The SMILES string of the molecule is Cc1ccc(NC(=O)CCNS(=O)(=O)c2ccc3c(c2)OCCO3)c(C)c1. The first-order chi connectivity index (χ1) is 12.8. The van der Waals surface area contributed by atoms with Gasteiger partial charge >= 0.3 is 0 Å². The van der Waals surface area contributed by atoms with E-state index in [4.69, 9.17) is 9.47 Å². The first-order valence-corrected chi connectivity index (χ1v) is 10.1. The minimum absolute atomic E-state index is 0.00643. The number of nitrogens with one attached hydrogen (secondary N) is 2. The molecular formula is C19H22N2O5S. The summed E-state index contributed by atoms with van der Waals surface area (Å²) in [5, 5.41) is 2.79. The second-order valence-electron chi connectivity index (χ2n) is 6.32. The topological polar surface area (TPSA) is 93.7 Å². The Morgan fingerprint density at radius 2 is 1.78 bits per heavy atom. The van der Waals surface area contributed by atoms with Gasteiger partial charge < -0.3 is 14.8 Å². The molecule has 1 aliphatic rings. The molecule has 0 bridgehead atoms. The van der Waals surface area contributed by atoms with E-state index < -0.39 is 10.0 Å². The number of carbonyl (C=O) groups is 1. The van der Waals surface area contributed by atoms with Crippen LogP contribution in [0, 0.1) is 13.8 Å². The Hall–Kier alpha value is -2.58. The van der Waals surface area contributed by atoms with Crippen LogP contribution >= 0.6 is 0 Å². The van der Waals surface area contributed by atoms with E-state index in [1.165, 1.54) is 12.1 Å². The van der Waals surface area contributed by atoms with E-state index in [1.807, 2.05) is 32.0 Å². The number of carbonyl (C=O) groups excluding carboxylic acids is 1. The van der Waals surface area contributed by atoms with Crippen LogP contribution in [0.1, 0.15) is 17.5 Å². The summed E-state index contributed by atoms with van der Waals surface area (Å²) < 4.78 is 38.0. The number of ether oxygens (including phenoxy) is 2. The number of sulfonamides is 1. The molecule has 0 saturated heterocycles. The number of amides is 1. The number of aryl methyl sites for hydroxylation is 2. The van der Waals surface area contributed by atoms with Crippen molar-refractivity contribution in [3.63, 3.8) is 0 Å². The van der Waals surface area contributed by atoms with Crippen molar-refractivity contribution < 1.29 is 22.7 Å². The van der Waals surface area contributed by atoms with Gasteiger partial charge in [0.1, 0.15) is 13.2 Å². The highest BCUT2D eigenvalue weighted by molar-refractivity contribution is 7.89. The van der Waals surface area contributed by atoms with Gasteiger partial charge in [-0.05, 0) is 37.6 Å². The van der Waals surface area contributed by atoms with Gasteiger partial charge in [-0.2, -0.15) is 0 Å². The Labute approximate surface area is 158 Å². The highest BCUT2D eigenvalue weighted by Crippen LogP contribution is 2.32. The summed E-state index contributed by atoms with van der Waals surface area (Å²) in [5.74, 6) is 0.664. The average Bonchev–Trinajstić information content (AvgIpc) is 2.63. The van der Waals surface area contributed by atoms with Gasteiger partial charge in [-0.3, -0.25) is 4.79 Å². The average molecular weight is 390 g/mol. The van der Waals surface area contributed by atoms with E-state index >= 15 is 0 Å². The van der Waals surface area contributed by atoms with Gasteiger partial charge in [-0.15, -0.1) is 0 Å². The zero-order chi connectivity index (χ0) is 19.4. The molecule has 1 heterocycles. The van der Waals surface area contributed by atoms with Crippen LogP contribution in [0.2, 0.25) is 0 Å². The molecular weight excluding hydrogens is 368 g/mol. The van der Waals surface area contributed by atoms with Gasteiger partial charge in [-0.1, -0.05) is 17.7 Å². The molecule has 1 amide bonds. The Balaban J connectivity index is 1.56. The molecule has 27 heavy (non-hydrogen) atoms. The van der Waals surface area contributed by atoms with Crippen molar-refractivity contribution in [3.05, 3.63) is 47.5 Å². The predicted molar refractivity (Wildman–Crippen MR) is 102 cm³/mol. The highest BCUT2D eigenvalue weighted by atomic mass is 32.2. The zero-order valence-electron chi connectivity index (χ0n) is 15.2. The van der Waals surface area contributed by atoms with Crippen LogP contribution in [-0.2, 0) is 14.8 Å². The molecule has 0 fully saturated rings. The van der Waals surface area contributed by atoms with E-state index in [0.717, 1.165) is 16.8 Å². The van der Waals surface area contributed by atoms with Gasteiger partial charge in [0.05, 0.1) is 4.90 Å². The number of hydrogen-bond donors (Lipinski definition) is 2. The fraction of sp³-hybridized carbons (Fsp3) is 0.316. The van der Waals surface area contributed by atoms with Crippen LogP contribution in [0.25, 0.3) is 0 Å². The molecule has 0 unspecified atom stereocenters. The van der Waals surface area contributed by atoms with Crippen LogP contribution in [0.5, 0.6) is 11.5 Å². The number of rotatable bonds is 6. The third-order valence-electron chi connectivity index (χ3n) is 4.12. The third kappa shape index (κ3) is 4.78. The quantitative estimate of drug-likeness (QED) is 0.790. The number of fused-ring (bicyclic) bond motifs is 1. The van der Waals surface area contributed by atoms with Gasteiger partial charge in [-0.25, -0.2) is 13.1 Å². The van der Waals surface area contributed by atoms with Crippen molar-refractivity contribution in [2.75, 3.05) is 25.1 Å². The monoisotopic (exact) mass is 390 g/mol. The molecule has 2 N–H and O–H groups in total. The van der Waals surface area contributed by atoms with Crippen molar-refractivity contribution in [3.8, 4) is 11.5 Å². The van der Waals surface area contributed by atoms with Crippen molar-refractivity contribution in [2.45, 2.75) is 25.2 Å². The highest BCUT2D eigenvalue weighted by Gasteiger charge is 2.19. The maximum atomic E-state index is 12.4. The summed E-state index contributed by atoms with van der Waals surface area (Å²) in [6, 6.07) is 10.2. The van der Waals surface area contributed by atoms with Crippen molar-refractivity contribution in [1.29, 1.82) is 0 Å². The van der Waals surface area contributed by atoms with Crippen molar-refractivity contribution >= 4 is 21.6 Å². The standard InChI is InChI=1S/C19H22N2O5S/c1-13-3-5-16(14(2)11-13)21-19(22)7-8-20-27(23,24)15-4-6-17-18(12-15)26-10-9-25-17/h3-6,11-12,20H,7-10H2,1-2H3,(H,21,22). The predicted octanol–water partition coefficient (Wildman–Crippen LogP) is 2.38. The molecule has 0 spiro atoms. The fourth-order valence-corrected chi connectivity index (χ4v) is 3.79. The Morgan fingerprint density at radius 1 is 1.04 bits per heavy atom. The molecule has 3 rings (SSSR count). The third-order valence-corrected chi connectivity index (χ3v) is 5.58. The van der Waals surface area contributed by atoms with Crippen LogP contribution < -0.4 is 19.5 Å². The van der Waals surface area contributed by atoms with E-state index in [-0.39, 0.29) is 23.8 Å². The number of benzene rings is 2. The summed E-state index contributed by atoms with van der Waals surface area (Å²) in [7, 11) is -3.74. The van der Waals surface area contributed by atoms with Crippen LogP contribution in [0.3, 0.4) is 0 Å². The molecule has 0 aromatic heterocycles. The number of hydrogen-bond acceptors (Lipinski definition) is 5. The normalized spacial score (nSPS) is 13.3. The smallest absolute Gasteiger partial charge is 0.240 e. The molecule has 2 aromatic carbocycles. The Bertz CT molecular complexity index is 957. The molecule has 144 valence electrons. The lowest BCUT2D eigenvalue weighted by Gasteiger charge is -2.18. The van der Waals surface area contributed by atoms with Crippen LogP contribution in [0.4, 0.5) is 5.69 Å². The largest absolute Gasteiger partial charge is 0.486 e. The first kappa shape index (κ1) is 19.2. The van der Waals surface area contributed by atoms with Gasteiger partial charge in [0.25, 0.3) is 0 Å². The zero-order valence-corrected chi connectivity index (χ0v) is 16.1. The van der Waals surface area contributed by atoms with Crippen molar-refractivity contribution in [2.24, 2.45) is 0 Å². The maximum Gasteiger partial charge on any atom is 0.240 e. The first-order valence-electron chi connectivity index (χ1n) is 8.61. The summed E-state index contributed by atoms with van der Waals surface area (Å²) in [6.45, 7) is 4.70. The maximum absolute atomic E-state index is 12.4. The Kier molecular flexibility index (Phi) is 5.67. The van der Waals surface area contributed by atoms with Gasteiger partial charge in [0, 0.05) is 24.7 Å². The lowest BCUT2D eigenvalue weighted by Crippen LogP contribution is -2.28. The molecule has 0 aliphatic carbocycles. The lowest BCUT2D eigenvalue weighted by molar-refractivity contribution is -0.116. The molecule has 7 nitrogen and oxygen atoms in total. The van der Waals surface area contributed by atoms with Gasteiger partial charge in [0.2, 0.25) is 15.9 Å². The lowest BCUT2D eigenvalue weighted by atomic mass is 10.1. The second kappa shape index (κ2) is 7.98. The van der Waals surface area contributed by atoms with Crippen LogP contribution in [0.15, 0.2) is 41.3 Å². The Morgan fingerprint density at radius 3 is 2.52 bits per heavy atom. The minimum atomic E-state index is -3.74. The van der Waals surface area contributed by atoms with E-state index in [1.54, 1.807) is 6.07 Å². The molecule has 2 aromatic rings. The molecule has 8 heteroatoms. The summed E-state index contributed by atoms with van der Waals surface area (Å²) in [4.78, 5) is 12.2. The second-order valence-corrected chi connectivity index (χ2v) is 8.09. The van der Waals surface area contributed by atoms with E-state index in [2.05, 4.69) is 10.0 Å². The summed E-state index contributed by atoms with van der Waals surface area (Å²) in [5.41, 5.74) is 2.79. The summed E-state index contributed by atoms with van der Waals surface area (Å²) >= 11 is 0. The molecule has 0 atom stereocenters. The molecule has 1 aliphatic heterocycles. The minimum Gasteiger partial charge on any atom is -0.486 e. The fourth-order valence-electron chi connectivity index (χ4n) is 2.74. The van der Waals surface area contributed by atoms with Crippen LogP contribution in [-0.4, -0.2) is 34.1 Å². The van der Waals surface area contributed by atoms with Crippen molar-refractivity contribution in [1.82, 2.24) is 4.72 Å². The summed E-state index contributed by atoms with van der Waals surface area (Å²) in [6.07, 6.45) is 0.0249. The van der Waals surface area contributed by atoms with E-state index in [9.17, 15) is 13.2 Å². The number of anilines is 1. The molecule has 0 saturated carbocycles. The van der Waals surface area contributed by atoms with E-state index in [0.29, 0.717) is 24.7 Å². The van der Waals surface area contributed by atoms with Gasteiger partial charge in [0.15, 0.2) is 11.5 Å². The molecule has 0 radical (unpaired) electrons.